The molecular weight excluding hydrogens is 242 g/mol. The molecule has 0 radical (unpaired) electrons. The molecule has 2 aromatic rings. The number of hydrogen-bond donors (Lipinski definition) is 1. The highest BCUT2D eigenvalue weighted by atomic mass is 16.5. The molecule has 3 rings (SSSR count). The van der Waals surface area contributed by atoms with Crippen molar-refractivity contribution in [3.8, 4) is 0 Å². The van der Waals surface area contributed by atoms with E-state index in [2.05, 4.69) is 34.4 Å². The fourth-order valence-corrected chi connectivity index (χ4v) is 2.02. The first-order chi connectivity index (χ1) is 9.24. The molecule has 2 aromatic heterocycles. The highest BCUT2D eigenvalue weighted by molar-refractivity contribution is 5.03. The molecule has 1 saturated carbocycles. The Balaban J connectivity index is 1.53. The summed E-state index contributed by atoms with van der Waals surface area (Å²) in [5.41, 5.74) is 0. The molecule has 1 N–H and O–H groups in total. The Morgan fingerprint density at radius 2 is 2.32 bits per heavy atom. The van der Waals surface area contributed by atoms with Crippen molar-refractivity contribution < 1.29 is 4.52 Å². The number of aromatic nitrogens is 4. The van der Waals surface area contributed by atoms with E-state index in [-0.39, 0.29) is 12.1 Å². The molecule has 0 saturated heterocycles. The van der Waals surface area contributed by atoms with Crippen LogP contribution < -0.4 is 5.32 Å². The van der Waals surface area contributed by atoms with Gasteiger partial charge in [0.05, 0.1) is 12.6 Å². The number of rotatable bonds is 6. The van der Waals surface area contributed by atoms with Crippen LogP contribution in [0.25, 0.3) is 0 Å². The second-order valence-corrected chi connectivity index (χ2v) is 5.22. The van der Waals surface area contributed by atoms with E-state index in [1.54, 1.807) is 6.20 Å². The van der Waals surface area contributed by atoms with Crippen LogP contribution in [0.1, 0.15) is 50.4 Å². The van der Waals surface area contributed by atoms with Crippen molar-refractivity contribution in [2.24, 2.45) is 0 Å². The van der Waals surface area contributed by atoms with Crippen molar-refractivity contribution in [1.29, 1.82) is 0 Å². The Bertz CT molecular complexity index is 517. The van der Waals surface area contributed by atoms with Gasteiger partial charge in [0.15, 0.2) is 5.82 Å². The molecule has 102 valence electrons. The van der Waals surface area contributed by atoms with Gasteiger partial charge in [-0.3, -0.25) is 4.68 Å². The van der Waals surface area contributed by atoms with Crippen molar-refractivity contribution in [1.82, 2.24) is 25.2 Å². The standard InChI is InChI=1S/C13H19N5O/c1-9(10(2)18-7-3-6-15-18)14-8-12-16-13(17-19-12)11-4-5-11/h3,6-7,9-11,14H,4-5,8H2,1-2H3/t9-,10-/m1/s1. The molecule has 0 amide bonds. The minimum absolute atomic E-state index is 0.274. The van der Waals surface area contributed by atoms with E-state index in [4.69, 9.17) is 4.52 Å². The lowest BCUT2D eigenvalue weighted by Crippen LogP contribution is -2.33. The third-order valence-corrected chi connectivity index (χ3v) is 3.67. The monoisotopic (exact) mass is 261 g/mol. The van der Waals surface area contributed by atoms with Crippen LogP contribution in [0, 0.1) is 0 Å². The van der Waals surface area contributed by atoms with Crippen molar-refractivity contribution >= 4 is 0 Å². The molecule has 0 unspecified atom stereocenters. The maximum Gasteiger partial charge on any atom is 0.240 e. The third kappa shape index (κ3) is 2.84. The minimum atomic E-state index is 0.274. The fraction of sp³-hybridized carbons (Fsp3) is 0.615. The van der Waals surface area contributed by atoms with Gasteiger partial charge in [-0.05, 0) is 32.8 Å². The summed E-state index contributed by atoms with van der Waals surface area (Å²) in [6.07, 6.45) is 6.15. The highest BCUT2D eigenvalue weighted by Crippen LogP contribution is 2.38. The highest BCUT2D eigenvalue weighted by Gasteiger charge is 2.28. The maximum atomic E-state index is 5.24. The quantitative estimate of drug-likeness (QED) is 0.860. The summed E-state index contributed by atoms with van der Waals surface area (Å²) < 4.78 is 7.19. The molecule has 1 aliphatic rings. The van der Waals surface area contributed by atoms with E-state index in [1.165, 1.54) is 12.8 Å². The topological polar surface area (TPSA) is 68.8 Å². The van der Waals surface area contributed by atoms with Gasteiger partial charge in [0, 0.05) is 24.4 Å². The Morgan fingerprint density at radius 3 is 3.00 bits per heavy atom. The van der Waals surface area contributed by atoms with Gasteiger partial charge in [0.1, 0.15) is 0 Å². The molecule has 1 fully saturated rings. The van der Waals surface area contributed by atoms with E-state index in [1.807, 2.05) is 16.9 Å². The first-order valence-electron chi connectivity index (χ1n) is 6.79. The van der Waals surface area contributed by atoms with Crippen LogP contribution in [0.4, 0.5) is 0 Å². The zero-order valence-electron chi connectivity index (χ0n) is 11.3. The smallest absolute Gasteiger partial charge is 0.240 e. The molecule has 19 heavy (non-hydrogen) atoms. The average molecular weight is 261 g/mol. The minimum Gasteiger partial charge on any atom is -0.338 e. The second kappa shape index (κ2) is 5.13. The summed E-state index contributed by atoms with van der Waals surface area (Å²) >= 11 is 0. The van der Waals surface area contributed by atoms with Gasteiger partial charge in [-0.25, -0.2) is 0 Å². The van der Waals surface area contributed by atoms with Gasteiger partial charge >= 0.3 is 0 Å². The molecule has 2 heterocycles. The van der Waals surface area contributed by atoms with Crippen LogP contribution >= 0.6 is 0 Å². The Hall–Kier alpha value is -1.69. The molecule has 0 aromatic carbocycles. The molecule has 0 aliphatic heterocycles. The number of nitrogens with zero attached hydrogens (tertiary/aromatic N) is 4. The molecule has 1 aliphatic carbocycles. The van der Waals surface area contributed by atoms with E-state index >= 15 is 0 Å². The van der Waals surface area contributed by atoms with Gasteiger partial charge in [-0.2, -0.15) is 10.1 Å². The lowest BCUT2D eigenvalue weighted by Gasteiger charge is -2.20. The summed E-state index contributed by atoms with van der Waals surface area (Å²) in [6.45, 7) is 4.87. The summed E-state index contributed by atoms with van der Waals surface area (Å²) in [6, 6.07) is 2.49. The third-order valence-electron chi connectivity index (χ3n) is 3.67. The largest absolute Gasteiger partial charge is 0.338 e. The number of nitrogens with one attached hydrogen (secondary N) is 1. The summed E-state index contributed by atoms with van der Waals surface area (Å²) in [4.78, 5) is 4.40. The molecule has 0 spiro atoms. The Kier molecular flexibility index (Phi) is 3.33. The van der Waals surface area contributed by atoms with E-state index in [0.29, 0.717) is 18.4 Å². The normalized spacial score (nSPS) is 18.4. The van der Waals surface area contributed by atoms with Crippen LogP contribution in [0.2, 0.25) is 0 Å². The molecule has 6 nitrogen and oxygen atoms in total. The van der Waals surface area contributed by atoms with E-state index in [0.717, 1.165) is 5.82 Å². The second-order valence-electron chi connectivity index (χ2n) is 5.22. The molecule has 0 bridgehead atoms. The van der Waals surface area contributed by atoms with Crippen LogP contribution in [0.5, 0.6) is 0 Å². The summed E-state index contributed by atoms with van der Waals surface area (Å²) in [5, 5.41) is 11.7. The predicted octanol–water partition coefficient (Wildman–Crippen LogP) is 1.88. The Labute approximate surface area is 112 Å². The molecule has 6 heteroatoms. The Morgan fingerprint density at radius 1 is 1.47 bits per heavy atom. The van der Waals surface area contributed by atoms with Crippen LogP contribution in [0.3, 0.4) is 0 Å². The maximum absolute atomic E-state index is 5.24. The van der Waals surface area contributed by atoms with Gasteiger partial charge in [-0.1, -0.05) is 5.16 Å². The van der Waals surface area contributed by atoms with Crippen molar-refractivity contribution in [2.45, 2.75) is 51.2 Å². The summed E-state index contributed by atoms with van der Waals surface area (Å²) in [5.74, 6) is 2.07. The summed E-state index contributed by atoms with van der Waals surface area (Å²) in [7, 11) is 0. The van der Waals surface area contributed by atoms with Gasteiger partial charge in [0.2, 0.25) is 5.89 Å². The average Bonchev–Trinajstić information content (AvgIpc) is 2.96. The van der Waals surface area contributed by atoms with Gasteiger partial charge in [-0.15, -0.1) is 0 Å². The lowest BCUT2D eigenvalue weighted by atomic mass is 10.2. The lowest BCUT2D eigenvalue weighted by molar-refractivity contribution is 0.323. The van der Waals surface area contributed by atoms with Crippen LogP contribution in [0.15, 0.2) is 23.0 Å². The molecule has 2 atom stereocenters. The van der Waals surface area contributed by atoms with Crippen LogP contribution in [-0.2, 0) is 6.54 Å². The fourth-order valence-electron chi connectivity index (χ4n) is 2.02. The van der Waals surface area contributed by atoms with Crippen molar-refractivity contribution in [3.05, 3.63) is 30.2 Å². The molecular formula is C13H19N5O. The zero-order valence-corrected chi connectivity index (χ0v) is 11.3. The SMILES string of the molecule is C[C@H]([C@@H](C)NCc1nc(C2CC2)no1)n1cccn1. The van der Waals surface area contributed by atoms with E-state index in [9.17, 15) is 0 Å². The van der Waals surface area contributed by atoms with Gasteiger partial charge < -0.3 is 9.84 Å². The first-order valence-corrected chi connectivity index (χ1v) is 6.79. The van der Waals surface area contributed by atoms with E-state index < -0.39 is 0 Å². The first kappa shape index (κ1) is 12.3. The predicted molar refractivity (Wildman–Crippen MR) is 69.5 cm³/mol. The zero-order chi connectivity index (χ0) is 13.2. The van der Waals surface area contributed by atoms with Crippen molar-refractivity contribution in [3.63, 3.8) is 0 Å². The van der Waals surface area contributed by atoms with Crippen molar-refractivity contribution in [2.75, 3.05) is 0 Å². The number of hydrogen-bond acceptors (Lipinski definition) is 5. The van der Waals surface area contributed by atoms with Gasteiger partial charge in [0.25, 0.3) is 0 Å². The van der Waals surface area contributed by atoms with Crippen LogP contribution in [-0.4, -0.2) is 26.0 Å².